The second kappa shape index (κ2) is 5.60. The highest BCUT2D eigenvalue weighted by atomic mass is 14.7. The van der Waals surface area contributed by atoms with E-state index >= 15 is 0 Å². The monoisotopic (exact) mass is 270 g/mol. The summed E-state index contributed by atoms with van der Waals surface area (Å²) in [5, 5.41) is 9.94. The Hall–Kier alpha value is -2.92. The normalized spacial score (nSPS) is 10.9. The molecule has 1 heterocycles. The van der Waals surface area contributed by atoms with Crippen LogP contribution in [0, 0.1) is 18.3 Å². The van der Waals surface area contributed by atoms with Crippen molar-refractivity contribution in [3.63, 3.8) is 0 Å². The standard InChI is InChI=1S/C19H14N2/c1-14-2-11-19-17(12-14)8-10-18(21-19)9-7-15-3-5-16(13-20)6-4-15/h2-12H,1H3/b9-7+. The van der Waals surface area contributed by atoms with E-state index in [2.05, 4.69) is 36.2 Å². The summed E-state index contributed by atoms with van der Waals surface area (Å²) in [5.74, 6) is 0. The quantitative estimate of drug-likeness (QED) is 0.683. The van der Waals surface area contributed by atoms with Crippen molar-refractivity contribution >= 4 is 23.1 Å². The Balaban J connectivity index is 1.88. The smallest absolute Gasteiger partial charge is 0.0991 e. The predicted octanol–water partition coefficient (Wildman–Crippen LogP) is 4.59. The van der Waals surface area contributed by atoms with Crippen LogP contribution in [-0.2, 0) is 0 Å². The van der Waals surface area contributed by atoms with E-state index in [1.54, 1.807) is 0 Å². The lowest BCUT2D eigenvalue weighted by atomic mass is 10.1. The molecule has 2 nitrogen and oxygen atoms in total. The van der Waals surface area contributed by atoms with Crippen LogP contribution in [-0.4, -0.2) is 4.98 Å². The Labute approximate surface area is 124 Å². The highest BCUT2D eigenvalue weighted by Crippen LogP contribution is 2.16. The van der Waals surface area contributed by atoms with E-state index in [1.807, 2.05) is 48.6 Å². The van der Waals surface area contributed by atoms with Crippen LogP contribution in [0.15, 0.2) is 54.6 Å². The van der Waals surface area contributed by atoms with Crippen molar-refractivity contribution in [3.8, 4) is 6.07 Å². The molecule has 0 atom stereocenters. The molecule has 0 N–H and O–H groups in total. The van der Waals surface area contributed by atoms with Gasteiger partial charge in [0.1, 0.15) is 0 Å². The lowest BCUT2D eigenvalue weighted by Crippen LogP contribution is -1.84. The second-order valence-electron chi connectivity index (χ2n) is 5.00. The molecule has 21 heavy (non-hydrogen) atoms. The van der Waals surface area contributed by atoms with Gasteiger partial charge in [-0.3, -0.25) is 0 Å². The van der Waals surface area contributed by atoms with Gasteiger partial charge >= 0.3 is 0 Å². The minimum absolute atomic E-state index is 0.673. The fourth-order valence-electron chi connectivity index (χ4n) is 2.20. The molecule has 0 saturated heterocycles. The number of fused-ring (bicyclic) bond motifs is 1. The molecule has 0 aliphatic rings. The number of nitriles is 1. The van der Waals surface area contributed by atoms with E-state index in [9.17, 15) is 0 Å². The first-order valence-corrected chi connectivity index (χ1v) is 6.80. The van der Waals surface area contributed by atoms with E-state index in [1.165, 1.54) is 5.56 Å². The van der Waals surface area contributed by atoms with Gasteiger partial charge in [0.2, 0.25) is 0 Å². The maximum absolute atomic E-state index is 8.78. The summed E-state index contributed by atoms with van der Waals surface area (Å²) in [4.78, 5) is 4.63. The molecule has 0 aliphatic heterocycles. The molecule has 3 rings (SSSR count). The van der Waals surface area contributed by atoms with Gasteiger partial charge in [-0.2, -0.15) is 5.26 Å². The van der Waals surface area contributed by atoms with Crippen molar-refractivity contribution in [1.82, 2.24) is 4.98 Å². The van der Waals surface area contributed by atoms with Crippen LogP contribution in [0.2, 0.25) is 0 Å². The maximum atomic E-state index is 8.78. The molecule has 2 heteroatoms. The van der Waals surface area contributed by atoms with Crippen molar-refractivity contribution in [2.24, 2.45) is 0 Å². The van der Waals surface area contributed by atoms with E-state index in [4.69, 9.17) is 5.26 Å². The van der Waals surface area contributed by atoms with Gasteiger partial charge in [-0.15, -0.1) is 0 Å². The molecule has 0 saturated carbocycles. The lowest BCUT2D eigenvalue weighted by Gasteiger charge is -2.00. The first-order chi connectivity index (χ1) is 10.2. The van der Waals surface area contributed by atoms with Gasteiger partial charge in [-0.25, -0.2) is 4.98 Å². The van der Waals surface area contributed by atoms with Crippen molar-refractivity contribution in [2.45, 2.75) is 6.92 Å². The summed E-state index contributed by atoms with van der Waals surface area (Å²) in [7, 11) is 0. The van der Waals surface area contributed by atoms with Gasteiger partial charge in [0.15, 0.2) is 0 Å². The molecular weight excluding hydrogens is 256 g/mol. The van der Waals surface area contributed by atoms with E-state index in [0.717, 1.165) is 22.2 Å². The van der Waals surface area contributed by atoms with Gasteiger partial charge < -0.3 is 0 Å². The highest BCUT2D eigenvalue weighted by Gasteiger charge is 1.96. The number of hydrogen-bond acceptors (Lipinski definition) is 2. The zero-order valence-electron chi connectivity index (χ0n) is 11.7. The molecule has 0 amide bonds. The summed E-state index contributed by atoms with van der Waals surface area (Å²) >= 11 is 0. The largest absolute Gasteiger partial charge is 0.248 e. The number of nitrogens with zero attached hydrogens (tertiary/aromatic N) is 2. The number of aryl methyl sites for hydroxylation is 1. The molecule has 3 aromatic rings. The third kappa shape index (κ3) is 2.98. The third-order valence-corrected chi connectivity index (χ3v) is 3.35. The Morgan fingerprint density at radius 3 is 2.52 bits per heavy atom. The Morgan fingerprint density at radius 2 is 1.76 bits per heavy atom. The van der Waals surface area contributed by atoms with E-state index < -0.39 is 0 Å². The first kappa shape index (κ1) is 13.1. The average molecular weight is 270 g/mol. The number of pyridine rings is 1. The van der Waals surface area contributed by atoms with Crippen LogP contribution in [0.3, 0.4) is 0 Å². The van der Waals surface area contributed by atoms with Gasteiger partial charge in [0, 0.05) is 5.39 Å². The zero-order chi connectivity index (χ0) is 14.7. The van der Waals surface area contributed by atoms with Gasteiger partial charge in [0.05, 0.1) is 22.8 Å². The van der Waals surface area contributed by atoms with Crippen molar-refractivity contribution in [3.05, 3.63) is 77.0 Å². The minimum Gasteiger partial charge on any atom is -0.248 e. The molecule has 0 bridgehead atoms. The summed E-state index contributed by atoms with van der Waals surface area (Å²) in [6.07, 6.45) is 3.99. The van der Waals surface area contributed by atoms with Crippen LogP contribution < -0.4 is 0 Å². The molecule has 0 radical (unpaired) electrons. The van der Waals surface area contributed by atoms with Crippen molar-refractivity contribution in [1.29, 1.82) is 5.26 Å². The number of aromatic nitrogens is 1. The molecule has 100 valence electrons. The van der Waals surface area contributed by atoms with Crippen molar-refractivity contribution in [2.75, 3.05) is 0 Å². The van der Waals surface area contributed by atoms with E-state index in [0.29, 0.717) is 5.56 Å². The number of hydrogen-bond donors (Lipinski definition) is 0. The highest BCUT2D eigenvalue weighted by molar-refractivity contribution is 5.81. The molecule has 0 spiro atoms. The summed E-state index contributed by atoms with van der Waals surface area (Å²) in [6, 6.07) is 20.0. The van der Waals surface area contributed by atoms with Crippen LogP contribution in [0.5, 0.6) is 0 Å². The Bertz CT molecular complexity index is 853. The van der Waals surface area contributed by atoms with Crippen LogP contribution in [0.25, 0.3) is 23.1 Å². The van der Waals surface area contributed by atoms with E-state index in [-0.39, 0.29) is 0 Å². The molecule has 1 aromatic heterocycles. The fourth-order valence-corrected chi connectivity index (χ4v) is 2.20. The van der Waals surface area contributed by atoms with Gasteiger partial charge in [-0.05, 0) is 48.9 Å². The lowest BCUT2D eigenvalue weighted by molar-refractivity contribution is 1.36. The Kier molecular flexibility index (Phi) is 3.49. The first-order valence-electron chi connectivity index (χ1n) is 6.80. The molecule has 2 aromatic carbocycles. The van der Waals surface area contributed by atoms with Crippen LogP contribution >= 0.6 is 0 Å². The SMILES string of the molecule is Cc1ccc2nc(/C=C/c3ccc(C#N)cc3)ccc2c1. The summed E-state index contributed by atoms with van der Waals surface area (Å²) in [5.41, 5.74) is 4.90. The fraction of sp³-hybridized carbons (Fsp3) is 0.0526. The second-order valence-corrected chi connectivity index (χ2v) is 5.00. The van der Waals surface area contributed by atoms with Gasteiger partial charge in [-0.1, -0.05) is 35.9 Å². The number of benzene rings is 2. The van der Waals surface area contributed by atoms with Crippen molar-refractivity contribution < 1.29 is 0 Å². The molecule has 0 aliphatic carbocycles. The average Bonchev–Trinajstić information content (AvgIpc) is 2.53. The van der Waals surface area contributed by atoms with Crippen LogP contribution in [0.4, 0.5) is 0 Å². The topological polar surface area (TPSA) is 36.7 Å². The molecule has 0 unspecified atom stereocenters. The van der Waals surface area contributed by atoms with Crippen LogP contribution in [0.1, 0.15) is 22.4 Å². The minimum atomic E-state index is 0.673. The van der Waals surface area contributed by atoms with Gasteiger partial charge in [0.25, 0.3) is 0 Å². The number of rotatable bonds is 2. The molecular formula is C19H14N2. The third-order valence-electron chi connectivity index (χ3n) is 3.35. The zero-order valence-corrected chi connectivity index (χ0v) is 11.7. The Morgan fingerprint density at radius 1 is 0.952 bits per heavy atom. The molecule has 0 fully saturated rings. The summed E-state index contributed by atoms with van der Waals surface area (Å²) in [6.45, 7) is 2.08. The maximum Gasteiger partial charge on any atom is 0.0991 e. The predicted molar refractivity (Wildman–Crippen MR) is 86.6 cm³/mol. The summed E-state index contributed by atoms with van der Waals surface area (Å²) < 4.78 is 0.